The van der Waals surface area contributed by atoms with E-state index in [9.17, 15) is 18.0 Å². The number of nitrogens with zero attached hydrogens (tertiary/aromatic N) is 1. The predicted molar refractivity (Wildman–Crippen MR) is 101 cm³/mol. The second kappa shape index (κ2) is 8.22. The number of rotatable bonds is 5. The SMILES string of the molecule is COc1ccc(C(C)=O)cc1C[NH+]1CCN(c2cccc(C(F)(F)F)c2)CC1. The lowest BCUT2D eigenvalue weighted by molar-refractivity contribution is -0.914. The Kier molecular flexibility index (Phi) is 5.93. The normalized spacial score (nSPS) is 15.5. The minimum absolute atomic E-state index is 0.00766. The average Bonchev–Trinajstić information content (AvgIpc) is 2.68. The van der Waals surface area contributed by atoms with Crippen LogP contribution in [0.4, 0.5) is 18.9 Å². The summed E-state index contributed by atoms with van der Waals surface area (Å²) in [5.74, 6) is 0.756. The van der Waals surface area contributed by atoms with Gasteiger partial charge in [-0.15, -0.1) is 0 Å². The second-order valence-corrected chi connectivity index (χ2v) is 7.04. The summed E-state index contributed by atoms with van der Waals surface area (Å²) in [4.78, 5) is 14.9. The van der Waals surface area contributed by atoms with Crippen molar-refractivity contribution in [3.63, 3.8) is 0 Å². The van der Waals surface area contributed by atoms with E-state index in [1.807, 2.05) is 17.0 Å². The number of Topliss-reactive ketones (excluding diaryl/α,β-unsaturated/α-hetero) is 1. The minimum atomic E-state index is -4.33. The summed E-state index contributed by atoms with van der Waals surface area (Å²) >= 11 is 0. The van der Waals surface area contributed by atoms with E-state index in [4.69, 9.17) is 4.74 Å². The van der Waals surface area contributed by atoms with E-state index in [1.165, 1.54) is 24.0 Å². The van der Waals surface area contributed by atoms with Gasteiger partial charge < -0.3 is 14.5 Å². The molecule has 0 atom stereocenters. The van der Waals surface area contributed by atoms with Crippen LogP contribution in [0.2, 0.25) is 0 Å². The van der Waals surface area contributed by atoms with E-state index in [0.717, 1.165) is 30.5 Å². The summed E-state index contributed by atoms with van der Waals surface area (Å²) in [7, 11) is 1.60. The average molecular weight is 393 g/mol. The molecule has 0 bridgehead atoms. The molecule has 150 valence electrons. The maximum atomic E-state index is 12.9. The van der Waals surface area contributed by atoms with Crippen LogP contribution in [-0.4, -0.2) is 39.1 Å². The molecular formula is C21H24F3N2O2+. The monoisotopic (exact) mass is 393 g/mol. The molecule has 0 amide bonds. The molecule has 1 saturated heterocycles. The molecule has 0 saturated carbocycles. The number of hydrogen-bond acceptors (Lipinski definition) is 3. The number of hydrogen-bond donors (Lipinski definition) is 1. The van der Waals surface area contributed by atoms with Gasteiger partial charge in [0.2, 0.25) is 0 Å². The Morgan fingerprint density at radius 1 is 1.14 bits per heavy atom. The molecule has 1 aliphatic heterocycles. The second-order valence-electron chi connectivity index (χ2n) is 7.04. The maximum absolute atomic E-state index is 12.9. The van der Waals surface area contributed by atoms with Crippen LogP contribution in [0.25, 0.3) is 0 Å². The number of carbonyl (C=O) groups excluding carboxylic acids is 1. The lowest BCUT2D eigenvalue weighted by Gasteiger charge is -2.34. The first-order valence-electron chi connectivity index (χ1n) is 9.21. The Labute approximate surface area is 162 Å². The standard InChI is InChI=1S/C21H23F3N2O2/c1-15(27)16-6-7-20(28-2)17(12-16)14-25-8-10-26(11-9-25)19-5-3-4-18(13-19)21(22,23)24/h3-7,12-13H,8-11,14H2,1-2H3/p+1. The highest BCUT2D eigenvalue weighted by Crippen LogP contribution is 2.31. The van der Waals surface area contributed by atoms with Crippen molar-refractivity contribution in [3.05, 3.63) is 59.2 Å². The molecule has 0 unspecified atom stereocenters. The van der Waals surface area contributed by atoms with Crippen molar-refractivity contribution in [2.24, 2.45) is 0 Å². The largest absolute Gasteiger partial charge is 0.496 e. The summed E-state index contributed by atoms with van der Waals surface area (Å²) in [5.41, 5.74) is 1.60. The first kappa shape index (κ1) is 20.2. The Morgan fingerprint density at radius 3 is 2.46 bits per heavy atom. The fourth-order valence-electron chi connectivity index (χ4n) is 3.54. The third-order valence-electron chi connectivity index (χ3n) is 5.14. The Hall–Kier alpha value is -2.54. The van der Waals surface area contributed by atoms with Crippen LogP contribution in [0.5, 0.6) is 5.75 Å². The third kappa shape index (κ3) is 4.65. The van der Waals surface area contributed by atoms with E-state index in [0.29, 0.717) is 30.9 Å². The summed E-state index contributed by atoms with van der Waals surface area (Å²) < 4.78 is 44.2. The lowest BCUT2D eigenvalue weighted by atomic mass is 10.1. The molecule has 2 aromatic rings. The van der Waals surface area contributed by atoms with Gasteiger partial charge in [-0.25, -0.2) is 0 Å². The molecule has 0 aliphatic carbocycles. The van der Waals surface area contributed by atoms with Crippen LogP contribution in [-0.2, 0) is 12.7 Å². The van der Waals surface area contributed by atoms with Crippen LogP contribution in [0.1, 0.15) is 28.4 Å². The van der Waals surface area contributed by atoms with Crippen LogP contribution in [0.3, 0.4) is 0 Å². The number of quaternary nitrogens is 1. The summed E-state index contributed by atoms with van der Waals surface area (Å²) in [6, 6.07) is 10.9. The minimum Gasteiger partial charge on any atom is -0.496 e. The predicted octanol–water partition coefficient (Wildman–Crippen LogP) is 2.82. The number of ketones is 1. The summed E-state index contributed by atoms with van der Waals surface area (Å²) in [5, 5.41) is 0. The lowest BCUT2D eigenvalue weighted by Crippen LogP contribution is -3.13. The van der Waals surface area contributed by atoms with E-state index >= 15 is 0 Å². The van der Waals surface area contributed by atoms with Crippen molar-refractivity contribution in [1.82, 2.24) is 0 Å². The van der Waals surface area contributed by atoms with Crippen molar-refractivity contribution >= 4 is 11.5 Å². The topological polar surface area (TPSA) is 34.0 Å². The van der Waals surface area contributed by atoms with Crippen molar-refractivity contribution in [2.75, 3.05) is 38.2 Å². The number of carbonyl (C=O) groups is 1. The van der Waals surface area contributed by atoms with Crippen molar-refractivity contribution < 1.29 is 27.6 Å². The van der Waals surface area contributed by atoms with Gasteiger partial charge in [-0.2, -0.15) is 13.2 Å². The summed E-state index contributed by atoms with van der Waals surface area (Å²) in [6.07, 6.45) is -4.33. The Morgan fingerprint density at radius 2 is 1.86 bits per heavy atom. The van der Waals surface area contributed by atoms with Gasteiger partial charge >= 0.3 is 6.18 Å². The number of alkyl halides is 3. The first-order chi connectivity index (χ1) is 13.3. The molecule has 4 nitrogen and oxygen atoms in total. The zero-order chi connectivity index (χ0) is 20.3. The van der Waals surface area contributed by atoms with Gasteiger partial charge in [0.15, 0.2) is 5.78 Å². The molecule has 0 radical (unpaired) electrons. The van der Waals surface area contributed by atoms with Gasteiger partial charge in [-0.3, -0.25) is 4.79 Å². The Bertz CT molecular complexity index is 844. The molecule has 1 aliphatic rings. The first-order valence-corrected chi connectivity index (χ1v) is 9.21. The number of nitrogens with one attached hydrogen (secondary N) is 1. The molecule has 1 N–H and O–H groups in total. The molecule has 28 heavy (non-hydrogen) atoms. The van der Waals surface area contributed by atoms with Crippen LogP contribution in [0, 0.1) is 0 Å². The fourth-order valence-corrected chi connectivity index (χ4v) is 3.54. The van der Waals surface area contributed by atoms with Crippen LogP contribution in [0.15, 0.2) is 42.5 Å². The van der Waals surface area contributed by atoms with Crippen LogP contribution >= 0.6 is 0 Å². The number of ether oxygens (including phenoxy) is 1. The summed E-state index contributed by atoms with van der Waals surface area (Å²) in [6.45, 7) is 5.18. The highest BCUT2D eigenvalue weighted by molar-refractivity contribution is 5.94. The quantitative estimate of drug-likeness (QED) is 0.794. The molecule has 0 aromatic heterocycles. The fraction of sp³-hybridized carbons (Fsp3) is 0.381. The molecule has 7 heteroatoms. The number of methoxy groups -OCH3 is 1. The molecule has 3 rings (SSSR count). The third-order valence-corrected chi connectivity index (χ3v) is 5.14. The number of benzene rings is 2. The zero-order valence-electron chi connectivity index (χ0n) is 16.0. The van der Waals surface area contributed by atoms with E-state index in [1.54, 1.807) is 19.2 Å². The van der Waals surface area contributed by atoms with Gasteiger partial charge in [0.25, 0.3) is 0 Å². The van der Waals surface area contributed by atoms with Gasteiger partial charge in [-0.1, -0.05) is 6.07 Å². The molecule has 1 fully saturated rings. The maximum Gasteiger partial charge on any atom is 0.416 e. The smallest absolute Gasteiger partial charge is 0.416 e. The van der Waals surface area contributed by atoms with Crippen molar-refractivity contribution in [1.29, 1.82) is 0 Å². The van der Waals surface area contributed by atoms with Gasteiger partial charge in [0.1, 0.15) is 12.3 Å². The van der Waals surface area contributed by atoms with Gasteiger partial charge in [-0.05, 0) is 43.3 Å². The van der Waals surface area contributed by atoms with Crippen molar-refractivity contribution in [2.45, 2.75) is 19.6 Å². The highest BCUT2D eigenvalue weighted by Gasteiger charge is 2.31. The van der Waals surface area contributed by atoms with Gasteiger partial charge in [0, 0.05) is 16.8 Å². The highest BCUT2D eigenvalue weighted by atomic mass is 19.4. The van der Waals surface area contributed by atoms with E-state index < -0.39 is 11.7 Å². The molecule has 0 spiro atoms. The van der Waals surface area contributed by atoms with Crippen LogP contribution < -0.4 is 14.5 Å². The number of piperazine rings is 1. The van der Waals surface area contributed by atoms with E-state index in [-0.39, 0.29) is 5.78 Å². The van der Waals surface area contributed by atoms with E-state index in [2.05, 4.69) is 0 Å². The molecular weight excluding hydrogens is 369 g/mol. The van der Waals surface area contributed by atoms with Crippen molar-refractivity contribution in [3.8, 4) is 5.75 Å². The molecule has 2 aromatic carbocycles. The Balaban J connectivity index is 1.67. The number of halogens is 3. The number of anilines is 1. The molecule has 1 heterocycles. The zero-order valence-corrected chi connectivity index (χ0v) is 16.0. The van der Waals surface area contributed by atoms with Gasteiger partial charge in [0.05, 0.1) is 38.9 Å².